The van der Waals surface area contributed by atoms with Crippen LogP contribution in [0.2, 0.25) is 0 Å². The second kappa shape index (κ2) is 5.80. The summed E-state index contributed by atoms with van der Waals surface area (Å²) in [4.78, 5) is 4.57. The summed E-state index contributed by atoms with van der Waals surface area (Å²) >= 11 is 0. The van der Waals surface area contributed by atoms with Crippen LogP contribution in [0.5, 0.6) is 0 Å². The van der Waals surface area contributed by atoms with E-state index in [1.54, 1.807) is 0 Å². The van der Waals surface area contributed by atoms with Gasteiger partial charge in [-0.15, -0.1) is 0 Å². The van der Waals surface area contributed by atoms with Crippen LogP contribution < -0.4 is 10.6 Å². The Balaban J connectivity index is 1.58. The van der Waals surface area contributed by atoms with Gasteiger partial charge in [-0.05, 0) is 51.2 Å². The van der Waals surface area contributed by atoms with Crippen LogP contribution >= 0.6 is 0 Å². The highest BCUT2D eigenvalue weighted by Gasteiger charge is 2.22. The topological polar surface area (TPSA) is 63.0 Å². The van der Waals surface area contributed by atoms with Gasteiger partial charge in [-0.3, -0.25) is 0 Å². The van der Waals surface area contributed by atoms with E-state index < -0.39 is 0 Å². The molecule has 0 bridgehead atoms. The SMILES string of the molecule is C1CCC(c2noc(CC3CCNCC3)n2)NC1. The average molecular weight is 250 g/mol. The molecule has 1 atom stereocenters. The number of aromatic nitrogens is 2. The third-order valence-electron chi connectivity index (χ3n) is 4.03. The van der Waals surface area contributed by atoms with E-state index in [2.05, 4.69) is 20.8 Å². The zero-order valence-electron chi connectivity index (χ0n) is 10.8. The molecule has 1 aromatic rings. The first-order valence-corrected chi connectivity index (χ1v) is 7.18. The molecule has 100 valence electrons. The standard InChI is InChI=1S/C13H22N4O/c1-2-6-15-11(3-1)13-16-12(18-17-13)9-10-4-7-14-8-5-10/h10-11,14-15H,1-9H2. The van der Waals surface area contributed by atoms with Crippen molar-refractivity contribution in [3.05, 3.63) is 11.7 Å². The van der Waals surface area contributed by atoms with Gasteiger partial charge < -0.3 is 15.2 Å². The van der Waals surface area contributed by atoms with Gasteiger partial charge in [0.25, 0.3) is 0 Å². The van der Waals surface area contributed by atoms with Crippen molar-refractivity contribution in [2.45, 2.75) is 44.6 Å². The summed E-state index contributed by atoms with van der Waals surface area (Å²) in [5, 5.41) is 11.0. The molecule has 0 aliphatic carbocycles. The Labute approximate surface area is 108 Å². The largest absolute Gasteiger partial charge is 0.339 e. The molecule has 2 aliphatic heterocycles. The monoisotopic (exact) mass is 250 g/mol. The van der Waals surface area contributed by atoms with Crippen LogP contribution in [0.3, 0.4) is 0 Å². The molecular weight excluding hydrogens is 228 g/mol. The van der Waals surface area contributed by atoms with Crippen LogP contribution in [0.25, 0.3) is 0 Å². The lowest BCUT2D eigenvalue weighted by molar-refractivity contribution is 0.308. The Bertz CT molecular complexity index is 367. The lowest BCUT2D eigenvalue weighted by Crippen LogP contribution is -2.29. The highest BCUT2D eigenvalue weighted by molar-refractivity contribution is 4.96. The summed E-state index contributed by atoms with van der Waals surface area (Å²) in [5.74, 6) is 2.39. The third-order valence-corrected chi connectivity index (χ3v) is 4.03. The van der Waals surface area contributed by atoms with Gasteiger partial charge in [0.05, 0.1) is 6.04 Å². The Hall–Kier alpha value is -0.940. The Morgan fingerprint density at radius 2 is 2.00 bits per heavy atom. The minimum absolute atomic E-state index is 0.310. The molecule has 1 aromatic heterocycles. The number of nitrogens with one attached hydrogen (secondary N) is 2. The molecule has 0 aromatic carbocycles. The minimum Gasteiger partial charge on any atom is -0.339 e. The molecule has 1 unspecified atom stereocenters. The van der Waals surface area contributed by atoms with Crippen molar-refractivity contribution >= 4 is 0 Å². The maximum atomic E-state index is 5.40. The van der Waals surface area contributed by atoms with Gasteiger partial charge in [0.1, 0.15) is 0 Å². The molecule has 0 radical (unpaired) electrons. The van der Waals surface area contributed by atoms with Crippen molar-refractivity contribution in [1.82, 2.24) is 20.8 Å². The van der Waals surface area contributed by atoms with Gasteiger partial charge in [0.2, 0.25) is 5.89 Å². The van der Waals surface area contributed by atoms with E-state index in [1.165, 1.54) is 25.7 Å². The molecule has 2 N–H and O–H groups in total. The maximum absolute atomic E-state index is 5.40. The Morgan fingerprint density at radius 1 is 1.11 bits per heavy atom. The van der Waals surface area contributed by atoms with Gasteiger partial charge >= 0.3 is 0 Å². The molecule has 2 saturated heterocycles. The smallest absolute Gasteiger partial charge is 0.226 e. The van der Waals surface area contributed by atoms with Gasteiger partial charge in [0, 0.05) is 6.42 Å². The van der Waals surface area contributed by atoms with Gasteiger partial charge in [0.15, 0.2) is 5.82 Å². The normalized spacial score (nSPS) is 26.3. The van der Waals surface area contributed by atoms with Gasteiger partial charge in [-0.25, -0.2) is 0 Å². The third kappa shape index (κ3) is 2.90. The second-order valence-electron chi connectivity index (χ2n) is 5.45. The first-order chi connectivity index (χ1) is 8.92. The lowest BCUT2D eigenvalue weighted by atomic mass is 9.95. The molecule has 2 aliphatic rings. The number of hydrogen-bond donors (Lipinski definition) is 2. The highest BCUT2D eigenvalue weighted by atomic mass is 16.5. The van der Waals surface area contributed by atoms with Crippen molar-refractivity contribution in [1.29, 1.82) is 0 Å². The summed E-state index contributed by atoms with van der Waals surface area (Å²) in [6.07, 6.45) is 7.04. The van der Waals surface area contributed by atoms with E-state index >= 15 is 0 Å². The molecule has 5 heteroatoms. The van der Waals surface area contributed by atoms with Crippen LogP contribution in [0.15, 0.2) is 4.52 Å². The fourth-order valence-electron chi connectivity index (χ4n) is 2.90. The zero-order chi connectivity index (χ0) is 12.2. The van der Waals surface area contributed by atoms with Crippen LogP contribution in [0.1, 0.15) is 49.9 Å². The van der Waals surface area contributed by atoms with Gasteiger partial charge in [-0.2, -0.15) is 4.98 Å². The van der Waals surface area contributed by atoms with Gasteiger partial charge in [-0.1, -0.05) is 11.6 Å². The summed E-state index contributed by atoms with van der Waals surface area (Å²) in [5.41, 5.74) is 0. The predicted octanol–water partition coefficient (Wildman–Crippen LogP) is 1.43. The Kier molecular flexibility index (Phi) is 3.90. The fraction of sp³-hybridized carbons (Fsp3) is 0.846. The number of nitrogens with zero attached hydrogens (tertiary/aromatic N) is 2. The minimum atomic E-state index is 0.310. The zero-order valence-corrected chi connectivity index (χ0v) is 10.8. The molecule has 3 rings (SSSR count). The average Bonchev–Trinajstić information content (AvgIpc) is 2.89. The second-order valence-corrected chi connectivity index (χ2v) is 5.45. The summed E-state index contributed by atoms with van der Waals surface area (Å²) in [7, 11) is 0. The first-order valence-electron chi connectivity index (χ1n) is 7.18. The van der Waals surface area contributed by atoms with Crippen molar-refractivity contribution in [2.24, 2.45) is 5.92 Å². The lowest BCUT2D eigenvalue weighted by Gasteiger charge is -2.21. The molecular formula is C13H22N4O. The molecule has 18 heavy (non-hydrogen) atoms. The predicted molar refractivity (Wildman–Crippen MR) is 68.2 cm³/mol. The van der Waals surface area contributed by atoms with E-state index in [0.717, 1.165) is 44.2 Å². The van der Waals surface area contributed by atoms with E-state index in [0.29, 0.717) is 12.0 Å². The summed E-state index contributed by atoms with van der Waals surface area (Å²) < 4.78 is 5.40. The quantitative estimate of drug-likeness (QED) is 0.849. The van der Waals surface area contributed by atoms with Crippen LogP contribution in [-0.2, 0) is 6.42 Å². The van der Waals surface area contributed by atoms with Crippen LogP contribution in [-0.4, -0.2) is 29.8 Å². The van der Waals surface area contributed by atoms with Crippen LogP contribution in [0, 0.1) is 5.92 Å². The van der Waals surface area contributed by atoms with Crippen LogP contribution in [0.4, 0.5) is 0 Å². The molecule has 3 heterocycles. The molecule has 2 fully saturated rings. The maximum Gasteiger partial charge on any atom is 0.226 e. The van der Waals surface area contributed by atoms with E-state index in [-0.39, 0.29) is 0 Å². The van der Waals surface area contributed by atoms with E-state index in [9.17, 15) is 0 Å². The summed E-state index contributed by atoms with van der Waals surface area (Å²) in [6, 6.07) is 0.310. The highest BCUT2D eigenvalue weighted by Crippen LogP contribution is 2.22. The van der Waals surface area contributed by atoms with Crippen molar-refractivity contribution in [2.75, 3.05) is 19.6 Å². The Morgan fingerprint density at radius 3 is 2.78 bits per heavy atom. The molecule has 0 saturated carbocycles. The molecule has 5 nitrogen and oxygen atoms in total. The molecule has 0 amide bonds. The summed E-state index contributed by atoms with van der Waals surface area (Å²) in [6.45, 7) is 3.31. The van der Waals surface area contributed by atoms with Crippen molar-refractivity contribution < 1.29 is 4.52 Å². The van der Waals surface area contributed by atoms with Crippen molar-refractivity contribution in [3.63, 3.8) is 0 Å². The number of hydrogen-bond acceptors (Lipinski definition) is 5. The first kappa shape index (κ1) is 12.1. The van der Waals surface area contributed by atoms with Crippen molar-refractivity contribution in [3.8, 4) is 0 Å². The fourth-order valence-corrected chi connectivity index (χ4v) is 2.90. The van der Waals surface area contributed by atoms with E-state index in [1.807, 2.05) is 0 Å². The van der Waals surface area contributed by atoms with E-state index in [4.69, 9.17) is 4.52 Å². The number of rotatable bonds is 3. The number of piperidine rings is 2. The molecule has 0 spiro atoms.